The average Bonchev–Trinajstić information content (AvgIpc) is 2.79. The maximum absolute atomic E-state index is 13.5. The van der Waals surface area contributed by atoms with Crippen LogP contribution in [-0.4, -0.2) is 15.8 Å². The monoisotopic (exact) mass is 427 g/mol. The van der Waals surface area contributed by atoms with Crippen LogP contribution in [0.4, 0.5) is 11.4 Å². The molecule has 32 heavy (non-hydrogen) atoms. The Morgan fingerprint density at radius 2 is 1.72 bits per heavy atom. The summed E-state index contributed by atoms with van der Waals surface area (Å²) in [4.78, 5) is 41.2. The van der Waals surface area contributed by atoms with Crippen LogP contribution in [-0.2, 0) is 6.54 Å². The van der Waals surface area contributed by atoms with Crippen molar-refractivity contribution in [3.63, 3.8) is 0 Å². The van der Waals surface area contributed by atoms with E-state index in [4.69, 9.17) is 0 Å². The second kappa shape index (κ2) is 8.47. The van der Waals surface area contributed by atoms with Crippen molar-refractivity contribution in [3.05, 3.63) is 116 Å². The van der Waals surface area contributed by atoms with Crippen molar-refractivity contribution in [1.29, 1.82) is 0 Å². The van der Waals surface area contributed by atoms with Crippen LogP contribution in [0.5, 0.6) is 0 Å². The number of fused-ring (bicyclic) bond motifs is 1. The number of H-pyrrole nitrogens is 1. The molecule has 0 spiro atoms. The van der Waals surface area contributed by atoms with E-state index >= 15 is 0 Å². The predicted molar refractivity (Wildman–Crippen MR) is 124 cm³/mol. The number of hydrogen-bond acceptors (Lipinski definition) is 4. The standard InChI is InChI=1S/C25H21N3O4/c1-16-6-5-9-23(17(16)2)27(25(30)18-10-12-21(13-11-18)28(31)32)15-20-14-19-7-3-4-8-22(19)26-24(20)29/h3-14H,15H2,1-2H3,(H,26,29). The fourth-order valence-electron chi connectivity index (χ4n) is 3.66. The van der Waals surface area contributed by atoms with Gasteiger partial charge in [-0.1, -0.05) is 30.3 Å². The summed E-state index contributed by atoms with van der Waals surface area (Å²) in [5.74, 6) is -0.346. The Morgan fingerprint density at radius 1 is 1.00 bits per heavy atom. The van der Waals surface area contributed by atoms with E-state index in [0.29, 0.717) is 16.8 Å². The maximum atomic E-state index is 13.5. The van der Waals surface area contributed by atoms with Gasteiger partial charge in [0.15, 0.2) is 0 Å². The highest BCUT2D eigenvalue weighted by atomic mass is 16.6. The number of nitrogens with zero attached hydrogens (tertiary/aromatic N) is 2. The highest BCUT2D eigenvalue weighted by Gasteiger charge is 2.22. The molecule has 1 amide bonds. The van der Waals surface area contributed by atoms with E-state index in [-0.39, 0.29) is 23.7 Å². The van der Waals surface area contributed by atoms with Crippen molar-refractivity contribution in [3.8, 4) is 0 Å². The van der Waals surface area contributed by atoms with Gasteiger partial charge in [0.1, 0.15) is 0 Å². The Morgan fingerprint density at radius 3 is 2.44 bits per heavy atom. The van der Waals surface area contributed by atoms with E-state index in [1.165, 1.54) is 24.3 Å². The predicted octanol–water partition coefficient (Wildman–Crippen LogP) is 4.90. The molecule has 160 valence electrons. The Bertz CT molecular complexity index is 1390. The first-order valence-electron chi connectivity index (χ1n) is 10.1. The average molecular weight is 427 g/mol. The van der Waals surface area contributed by atoms with E-state index in [9.17, 15) is 19.7 Å². The molecule has 1 N–H and O–H groups in total. The zero-order valence-corrected chi connectivity index (χ0v) is 17.7. The summed E-state index contributed by atoms with van der Waals surface area (Å²) in [6.45, 7) is 3.93. The van der Waals surface area contributed by atoms with Crippen molar-refractivity contribution < 1.29 is 9.72 Å². The van der Waals surface area contributed by atoms with Crippen molar-refractivity contribution in [2.45, 2.75) is 20.4 Å². The molecule has 0 bridgehead atoms. The van der Waals surface area contributed by atoms with Gasteiger partial charge < -0.3 is 9.88 Å². The lowest BCUT2D eigenvalue weighted by Gasteiger charge is -2.25. The molecule has 0 atom stereocenters. The molecule has 1 aromatic heterocycles. The van der Waals surface area contributed by atoms with E-state index in [1.54, 1.807) is 11.0 Å². The van der Waals surface area contributed by atoms with Gasteiger partial charge in [0.25, 0.3) is 17.2 Å². The smallest absolute Gasteiger partial charge is 0.269 e. The molecule has 0 saturated heterocycles. The summed E-state index contributed by atoms with van der Waals surface area (Å²) in [5.41, 5.74) is 3.72. The van der Waals surface area contributed by atoms with E-state index in [0.717, 1.165) is 22.0 Å². The van der Waals surface area contributed by atoms with Crippen LogP contribution in [0.3, 0.4) is 0 Å². The van der Waals surface area contributed by atoms with E-state index in [1.807, 2.05) is 56.3 Å². The molecular formula is C25H21N3O4. The minimum atomic E-state index is -0.509. The molecule has 0 aliphatic carbocycles. The van der Waals surface area contributed by atoms with Gasteiger partial charge in [-0.2, -0.15) is 0 Å². The number of nitro benzene ring substituents is 1. The summed E-state index contributed by atoms with van der Waals surface area (Å²) < 4.78 is 0. The highest BCUT2D eigenvalue weighted by molar-refractivity contribution is 6.06. The summed E-state index contributed by atoms with van der Waals surface area (Å²) in [5, 5.41) is 11.8. The van der Waals surface area contributed by atoms with Gasteiger partial charge in [0, 0.05) is 34.5 Å². The highest BCUT2D eigenvalue weighted by Crippen LogP contribution is 2.27. The first-order chi connectivity index (χ1) is 15.3. The van der Waals surface area contributed by atoms with Gasteiger partial charge in [0.05, 0.1) is 11.5 Å². The topological polar surface area (TPSA) is 96.3 Å². The van der Waals surface area contributed by atoms with Gasteiger partial charge in [-0.25, -0.2) is 0 Å². The molecule has 3 aromatic carbocycles. The molecule has 0 aliphatic heterocycles. The van der Waals surface area contributed by atoms with E-state index in [2.05, 4.69) is 4.98 Å². The maximum Gasteiger partial charge on any atom is 0.269 e. The third-order valence-corrected chi connectivity index (χ3v) is 5.60. The van der Waals surface area contributed by atoms with Crippen LogP contribution in [0.15, 0.2) is 77.6 Å². The minimum absolute atomic E-state index is 0.0558. The fraction of sp³-hybridized carbons (Fsp3) is 0.120. The third-order valence-electron chi connectivity index (χ3n) is 5.60. The Balaban J connectivity index is 1.80. The molecule has 4 rings (SSSR count). The second-order valence-electron chi connectivity index (χ2n) is 7.63. The molecule has 0 aliphatic rings. The Labute approximate surface area is 184 Å². The molecular weight excluding hydrogens is 406 g/mol. The quantitative estimate of drug-likeness (QED) is 0.362. The molecule has 0 saturated carbocycles. The molecule has 0 unspecified atom stereocenters. The molecule has 7 nitrogen and oxygen atoms in total. The fourth-order valence-corrected chi connectivity index (χ4v) is 3.66. The van der Waals surface area contributed by atoms with Crippen molar-refractivity contribution >= 4 is 28.2 Å². The van der Waals surface area contributed by atoms with Crippen LogP contribution in [0.1, 0.15) is 27.0 Å². The zero-order valence-electron chi connectivity index (χ0n) is 17.7. The largest absolute Gasteiger partial charge is 0.322 e. The SMILES string of the molecule is Cc1cccc(N(Cc2cc3ccccc3[nH]c2=O)C(=O)c2ccc([N+](=O)[O-])cc2)c1C. The van der Waals surface area contributed by atoms with Gasteiger partial charge in [-0.05, 0) is 60.7 Å². The number of rotatable bonds is 5. The minimum Gasteiger partial charge on any atom is -0.322 e. The van der Waals surface area contributed by atoms with Crippen LogP contribution < -0.4 is 10.5 Å². The Hall–Kier alpha value is -4.26. The number of aryl methyl sites for hydroxylation is 1. The van der Waals surface area contributed by atoms with Crippen LogP contribution in [0.25, 0.3) is 10.9 Å². The first kappa shape index (κ1) is 21.0. The van der Waals surface area contributed by atoms with Gasteiger partial charge in [-0.3, -0.25) is 19.7 Å². The normalized spacial score (nSPS) is 10.8. The summed E-state index contributed by atoms with van der Waals surface area (Å²) in [6, 6.07) is 20.4. The first-order valence-corrected chi connectivity index (χ1v) is 10.1. The number of nitrogens with one attached hydrogen (secondary N) is 1. The number of carbonyl (C=O) groups is 1. The number of pyridine rings is 1. The number of anilines is 1. The number of nitro groups is 1. The van der Waals surface area contributed by atoms with Crippen molar-refractivity contribution in [1.82, 2.24) is 4.98 Å². The molecule has 1 heterocycles. The van der Waals surface area contributed by atoms with Gasteiger partial charge >= 0.3 is 0 Å². The lowest BCUT2D eigenvalue weighted by Crippen LogP contribution is -2.33. The Kier molecular flexibility index (Phi) is 5.55. The number of hydrogen-bond donors (Lipinski definition) is 1. The number of benzene rings is 3. The number of para-hydroxylation sites is 1. The van der Waals surface area contributed by atoms with Crippen molar-refractivity contribution in [2.75, 3.05) is 4.90 Å². The second-order valence-corrected chi connectivity index (χ2v) is 7.63. The zero-order chi connectivity index (χ0) is 22.8. The summed E-state index contributed by atoms with van der Waals surface area (Å²) >= 11 is 0. The molecule has 0 fully saturated rings. The lowest BCUT2D eigenvalue weighted by molar-refractivity contribution is -0.384. The number of carbonyl (C=O) groups excluding carboxylic acids is 1. The van der Waals surface area contributed by atoms with Crippen LogP contribution in [0.2, 0.25) is 0 Å². The molecule has 7 heteroatoms. The van der Waals surface area contributed by atoms with Gasteiger partial charge in [-0.15, -0.1) is 0 Å². The number of aromatic nitrogens is 1. The van der Waals surface area contributed by atoms with Crippen molar-refractivity contribution in [2.24, 2.45) is 0 Å². The van der Waals surface area contributed by atoms with Gasteiger partial charge in [0.2, 0.25) is 0 Å². The van der Waals surface area contributed by atoms with Crippen LogP contribution in [0, 0.1) is 24.0 Å². The number of amides is 1. The lowest BCUT2D eigenvalue weighted by atomic mass is 10.0. The molecule has 0 radical (unpaired) electrons. The number of non-ortho nitro benzene ring substituents is 1. The molecule has 4 aromatic rings. The van der Waals surface area contributed by atoms with E-state index < -0.39 is 4.92 Å². The number of aromatic amines is 1. The van der Waals surface area contributed by atoms with Crippen LogP contribution >= 0.6 is 0 Å². The summed E-state index contributed by atoms with van der Waals surface area (Å²) in [7, 11) is 0. The third kappa shape index (κ3) is 4.00. The summed E-state index contributed by atoms with van der Waals surface area (Å²) in [6.07, 6.45) is 0.